The maximum absolute atomic E-state index is 15.0. The minimum Gasteiger partial charge on any atom is -0.508 e. The summed E-state index contributed by atoms with van der Waals surface area (Å²) < 4.78 is 19.6. The lowest BCUT2D eigenvalue weighted by molar-refractivity contribution is 0.471. The van der Waals surface area contributed by atoms with Gasteiger partial charge in [0.15, 0.2) is 0 Å². The summed E-state index contributed by atoms with van der Waals surface area (Å²) in [7, 11) is 0. The Bertz CT molecular complexity index is 1360. The van der Waals surface area contributed by atoms with Gasteiger partial charge in [0.2, 0.25) is 5.43 Å². The molecular formula is C20H15FN2O3S. The Morgan fingerprint density at radius 3 is 2.74 bits per heavy atom. The van der Waals surface area contributed by atoms with Crippen molar-refractivity contribution in [2.24, 2.45) is 0 Å². The highest BCUT2D eigenvalue weighted by Crippen LogP contribution is 2.41. The fourth-order valence-corrected chi connectivity index (χ4v) is 4.59. The number of aromatic nitrogens is 2. The molecule has 0 spiro atoms. The second kappa shape index (κ2) is 5.53. The molecule has 2 aromatic heterocycles. The number of nitrogens with one attached hydrogen (secondary N) is 1. The zero-order valence-corrected chi connectivity index (χ0v) is 15.2. The van der Waals surface area contributed by atoms with E-state index in [0.29, 0.717) is 27.0 Å². The van der Waals surface area contributed by atoms with Crippen LogP contribution in [0.25, 0.3) is 32.2 Å². The zero-order chi connectivity index (χ0) is 18.9. The van der Waals surface area contributed by atoms with E-state index in [0.717, 1.165) is 24.4 Å². The third-order valence-corrected chi connectivity index (χ3v) is 6.11. The van der Waals surface area contributed by atoms with Gasteiger partial charge in [-0.25, -0.2) is 4.39 Å². The van der Waals surface area contributed by atoms with Crippen molar-refractivity contribution in [3.05, 3.63) is 62.3 Å². The molecule has 0 unspecified atom stereocenters. The summed E-state index contributed by atoms with van der Waals surface area (Å²) in [5.41, 5.74) is 1.22. The van der Waals surface area contributed by atoms with Gasteiger partial charge in [0.25, 0.3) is 5.56 Å². The third-order valence-electron chi connectivity index (χ3n) is 5.22. The predicted octanol–water partition coefficient (Wildman–Crippen LogP) is 4.06. The molecule has 0 aliphatic heterocycles. The number of phenols is 1. The fraction of sp³-hybridized carbons (Fsp3) is 0.200. The fourth-order valence-electron chi connectivity index (χ4n) is 3.67. The van der Waals surface area contributed by atoms with Crippen molar-refractivity contribution in [2.45, 2.75) is 25.8 Å². The maximum Gasteiger partial charge on any atom is 0.271 e. The number of halogens is 1. The normalized spacial score (nSPS) is 14.3. The summed E-state index contributed by atoms with van der Waals surface area (Å²) in [6, 6.07) is 8.04. The van der Waals surface area contributed by atoms with Crippen LogP contribution in [0, 0.1) is 12.7 Å². The second-order valence-corrected chi connectivity index (χ2v) is 7.74. The Labute approximate surface area is 156 Å². The molecule has 7 heteroatoms. The van der Waals surface area contributed by atoms with Gasteiger partial charge in [-0.15, -0.1) is 0 Å². The lowest BCUT2D eigenvalue weighted by Crippen LogP contribution is -2.15. The van der Waals surface area contributed by atoms with Gasteiger partial charge < -0.3 is 9.67 Å². The van der Waals surface area contributed by atoms with Crippen molar-refractivity contribution >= 4 is 32.7 Å². The molecule has 1 fully saturated rings. The number of hydrogen-bond acceptors (Lipinski definition) is 4. The lowest BCUT2D eigenvalue weighted by Gasteiger charge is -2.15. The minimum absolute atomic E-state index is 0.0888. The number of phenolic OH excluding ortho intramolecular Hbond substituents is 1. The quantitative estimate of drug-likeness (QED) is 0.549. The van der Waals surface area contributed by atoms with Crippen LogP contribution in [0.3, 0.4) is 0 Å². The number of benzene rings is 2. The average Bonchev–Trinajstić information content (AvgIpc) is 3.40. The number of aromatic amines is 1. The van der Waals surface area contributed by atoms with Crippen molar-refractivity contribution in [3.8, 4) is 16.9 Å². The number of hydrogen-bond donors (Lipinski definition) is 2. The van der Waals surface area contributed by atoms with Crippen LogP contribution in [0.2, 0.25) is 0 Å². The van der Waals surface area contributed by atoms with Gasteiger partial charge in [-0.2, -0.15) is 0 Å². The van der Waals surface area contributed by atoms with Gasteiger partial charge in [0, 0.05) is 17.0 Å². The summed E-state index contributed by atoms with van der Waals surface area (Å²) in [6.45, 7) is 1.73. The first-order valence-corrected chi connectivity index (χ1v) is 9.47. The van der Waals surface area contributed by atoms with Crippen molar-refractivity contribution in [1.82, 2.24) is 8.94 Å². The van der Waals surface area contributed by atoms with Crippen molar-refractivity contribution in [1.29, 1.82) is 0 Å². The molecule has 27 heavy (non-hydrogen) atoms. The van der Waals surface area contributed by atoms with Crippen LogP contribution < -0.4 is 11.0 Å². The van der Waals surface area contributed by atoms with Crippen molar-refractivity contribution < 1.29 is 9.50 Å². The Morgan fingerprint density at radius 1 is 1.22 bits per heavy atom. The molecule has 5 rings (SSSR count). The molecular weight excluding hydrogens is 367 g/mol. The highest BCUT2D eigenvalue weighted by atomic mass is 32.1. The van der Waals surface area contributed by atoms with E-state index in [2.05, 4.69) is 4.37 Å². The van der Waals surface area contributed by atoms with Crippen LogP contribution in [0.15, 0.2) is 39.9 Å². The van der Waals surface area contributed by atoms with E-state index in [1.807, 2.05) is 4.57 Å². The monoisotopic (exact) mass is 382 g/mol. The van der Waals surface area contributed by atoms with Gasteiger partial charge in [-0.05, 0) is 60.6 Å². The number of fused-ring (bicyclic) bond motifs is 2. The van der Waals surface area contributed by atoms with Crippen LogP contribution in [0.1, 0.15) is 24.4 Å². The minimum atomic E-state index is -0.554. The zero-order valence-electron chi connectivity index (χ0n) is 14.4. The Balaban J connectivity index is 1.95. The van der Waals surface area contributed by atoms with E-state index >= 15 is 0 Å². The van der Waals surface area contributed by atoms with E-state index in [9.17, 15) is 19.1 Å². The topological polar surface area (TPSA) is 75.1 Å². The molecule has 2 heterocycles. The first-order valence-electron chi connectivity index (χ1n) is 8.65. The molecule has 0 amide bonds. The van der Waals surface area contributed by atoms with Crippen LogP contribution in [-0.4, -0.2) is 14.0 Å². The van der Waals surface area contributed by atoms with Crippen molar-refractivity contribution in [2.75, 3.05) is 0 Å². The smallest absolute Gasteiger partial charge is 0.271 e. The van der Waals surface area contributed by atoms with E-state index in [4.69, 9.17) is 0 Å². The molecule has 0 bridgehead atoms. The SMILES string of the molecule is Cc1c(O)cccc1-c1cc2c(cc1F)c(=O)c1c(=O)[nH]sc1n2C1CC1. The van der Waals surface area contributed by atoms with Crippen LogP contribution >= 0.6 is 11.5 Å². The first kappa shape index (κ1) is 16.3. The van der Waals surface area contributed by atoms with Gasteiger partial charge >= 0.3 is 0 Å². The van der Waals surface area contributed by atoms with E-state index in [1.165, 1.54) is 6.07 Å². The largest absolute Gasteiger partial charge is 0.508 e. The number of aromatic hydroxyl groups is 1. The maximum atomic E-state index is 15.0. The highest BCUT2D eigenvalue weighted by molar-refractivity contribution is 7.12. The number of pyridine rings is 1. The van der Waals surface area contributed by atoms with Crippen LogP contribution in [-0.2, 0) is 0 Å². The Hall–Kier alpha value is -2.93. The molecule has 136 valence electrons. The van der Waals surface area contributed by atoms with Gasteiger partial charge in [0.05, 0.1) is 5.52 Å². The number of H-pyrrole nitrogens is 1. The van der Waals surface area contributed by atoms with Gasteiger partial charge in [0.1, 0.15) is 21.8 Å². The third kappa shape index (κ3) is 2.28. The molecule has 1 aliphatic rings. The Morgan fingerprint density at radius 2 is 2.00 bits per heavy atom. The van der Waals surface area contributed by atoms with Gasteiger partial charge in [-0.1, -0.05) is 12.1 Å². The summed E-state index contributed by atoms with van der Waals surface area (Å²) >= 11 is 1.14. The molecule has 0 saturated heterocycles. The first-order chi connectivity index (χ1) is 13.0. The molecule has 1 saturated carbocycles. The van der Waals surface area contributed by atoms with Crippen LogP contribution in [0.4, 0.5) is 4.39 Å². The van der Waals surface area contributed by atoms with E-state index in [1.54, 1.807) is 31.2 Å². The molecule has 4 aromatic rings. The van der Waals surface area contributed by atoms with Crippen LogP contribution in [0.5, 0.6) is 5.75 Å². The van der Waals surface area contributed by atoms with Crippen molar-refractivity contribution in [3.63, 3.8) is 0 Å². The summed E-state index contributed by atoms with van der Waals surface area (Å²) in [5, 5.41) is 10.3. The second-order valence-electron chi connectivity index (χ2n) is 6.94. The number of nitrogens with zero attached hydrogens (tertiary/aromatic N) is 1. The molecule has 5 nitrogen and oxygen atoms in total. The van der Waals surface area contributed by atoms with E-state index < -0.39 is 16.8 Å². The molecule has 0 atom stereocenters. The summed E-state index contributed by atoms with van der Waals surface area (Å²) in [4.78, 5) is 25.6. The van der Waals surface area contributed by atoms with E-state index in [-0.39, 0.29) is 22.6 Å². The highest BCUT2D eigenvalue weighted by Gasteiger charge is 2.29. The molecule has 2 aromatic carbocycles. The molecule has 1 aliphatic carbocycles. The van der Waals surface area contributed by atoms with Gasteiger partial charge in [-0.3, -0.25) is 14.0 Å². The standard InChI is InChI=1S/C20H15FN2O3S/c1-9-11(3-2-4-16(9)24)12-8-15-13(7-14(12)21)18(25)17-19(26)22-27-20(17)23(15)10-5-6-10/h2-4,7-8,10,24H,5-6H2,1H3,(H,22,26). The Kier molecular flexibility index (Phi) is 3.33. The molecule has 2 N–H and O–H groups in total. The predicted molar refractivity (Wildman–Crippen MR) is 104 cm³/mol. The lowest BCUT2D eigenvalue weighted by atomic mass is 9.97. The summed E-state index contributed by atoms with van der Waals surface area (Å²) in [5.74, 6) is -0.465. The average molecular weight is 382 g/mol. The summed E-state index contributed by atoms with van der Waals surface area (Å²) in [6.07, 6.45) is 1.91. The number of rotatable bonds is 2. The molecule has 0 radical (unpaired) electrons.